The number of aliphatic hydroxyl groups is 1. The first-order valence-corrected chi connectivity index (χ1v) is 5.82. The highest BCUT2D eigenvalue weighted by Crippen LogP contribution is 2.15. The van der Waals surface area contributed by atoms with Crippen molar-refractivity contribution in [1.29, 1.82) is 0 Å². The van der Waals surface area contributed by atoms with Gasteiger partial charge in [-0.05, 0) is 24.6 Å². The molecule has 0 saturated heterocycles. The number of benzene rings is 1. The summed E-state index contributed by atoms with van der Waals surface area (Å²) in [5.74, 6) is -1.11. The van der Waals surface area contributed by atoms with Crippen LogP contribution in [0.15, 0.2) is 18.2 Å². The van der Waals surface area contributed by atoms with Crippen LogP contribution in [-0.4, -0.2) is 37.4 Å². The minimum absolute atomic E-state index is 0.0374. The van der Waals surface area contributed by atoms with E-state index in [4.69, 9.17) is 21.4 Å². The molecular formula is C12H15ClFNO3. The van der Waals surface area contributed by atoms with Gasteiger partial charge >= 0.3 is 0 Å². The Bertz CT molecular complexity index is 414. The van der Waals surface area contributed by atoms with Crippen molar-refractivity contribution in [3.05, 3.63) is 34.6 Å². The largest absolute Gasteiger partial charge is 0.394 e. The van der Waals surface area contributed by atoms with Crippen molar-refractivity contribution in [2.24, 2.45) is 0 Å². The predicted molar refractivity (Wildman–Crippen MR) is 66.2 cm³/mol. The maximum atomic E-state index is 13.2. The van der Waals surface area contributed by atoms with Gasteiger partial charge < -0.3 is 15.2 Å². The minimum atomic E-state index is -0.651. The molecule has 0 spiro atoms. The summed E-state index contributed by atoms with van der Waals surface area (Å²) in [6, 6.07) is 3.37. The molecule has 100 valence electrons. The van der Waals surface area contributed by atoms with E-state index in [0.717, 1.165) is 6.07 Å². The summed E-state index contributed by atoms with van der Waals surface area (Å²) in [4.78, 5) is 11.8. The van der Waals surface area contributed by atoms with Crippen molar-refractivity contribution >= 4 is 17.5 Å². The summed E-state index contributed by atoms with van der Waals surface area (Å²) in [5, 5.41) is 11.6. The molecule has 1 rings (SSSR count). The third-order valence-corrected chi connectivity index (χ3v) is 2.71. The molecule has 0 aliphatic heterocycles. The van der Waals surface area contributed by atoms with Crippen molar-refractivity contribution in [1.82, 2.24) is 5.32 Å². The minimum Gasteiger partial charge on any atom is -0.394 e. The van der Waals surface area contributed by atoms with Gasteiger partial charge in [0, 0.05) is 19.3 Å². The number of carbonyl (C=O) groups is 1. The summed E-state index contributed by atoms with van der Waals surface area (Å²) in [6.07, 6.45) is 0.481. The van der Waals surface area contributed by atoms with Crippen molar-refractivity contribution in [3.63, 3.8) is 0 Å². The smallest absolute Gasteiger partial charge is 0.251 e. The molecule has 1 aromatic carbocycles. The van der Waals surface area contributed by atoms with Gasteiger partial charge in [0.15, 0.2) is 0 Å². The second-order valence-corrected chi connectivity index (χ2v) is 4.17. The SMILES string of the molecule is COCCC(CO)NC(=O)c1ccc(Cl)c(F)c1. The van der Waals surface area contributed by atoms with E-state index in [-0.39, 0.29) is 17.2 Å². The van der Waals surface area contributed by atoms with Crippen LogP contribution in [0.25, 0.3) is 0 Å². The van der Waals surface area contributed by atoms with Crippen molar-refractivity contribution in [2.45, 2.75) is 12.5 Å². The van der Waals surface area contributed by atoms with Crippen LogP contribution < -0.4 is 5.32 Å². The fourth-order valence-electron chi connectivity index (χ4n) is 1.38. The van der Waals surface area contributed by atoms with Gasteiger partial charge in [0.2, 0.25) is 0 Å². The van der Waals surface area contributed by atoms with Crippen LogP contribution in [0.5, 0.6) is 0 Å². The molecule has 1 unspecified atom stereocenters. The zero-order valence-corrected chi connectivity index (χ0v) is 10.7. The Labute approximate surface area is 110 Å². The Hall–Kier alpha value is -1.17. The van der Waals surface area contributed by atoms with Crippen LogP contribution in [0, 0.1) is 5.82 Å². The van der Waals surface area contributed by atoms with Crippen LogP contribution in [0.1, 0.15) is 16.8 Å². The van der Waals surface area contributed by atoms with Gasteiger partial charge in [0.05, 0.1) is 17.7 Å². The molecule has 6 heteroatoms. The van der Waals surface area contributed by atoms with E-state index in [1.165, 1.54) is 19.2 Å². The lowest BCUT2D eigenvalue weighted by Crippen LogP contribution is -2.38. The van der Waals surface area contributed by atoms with Crippen molar-refractivity contribution in [2.75, 3.05) is 20.3 Å². The second-order valence-electron chi connectivity index (χ2n) is 3.76. The average molecular weight is 276 g/mol. The topological polar surface area (TPSA) is 58.6 Å². The normalized spacial score (nSPS) is 12.2. The number of hydrogen-bond acceptors (Lipinski definition) is 3. The molecular weight excluding hydrogens is 261 g/mol. The average Bonchev–Trinajstić information content (AvgIpc) is 2.37. The molecule has 1 aromatic rings. The Morgan fingerprint density at radius 1 is 1.61 bits per heavy atom. The predicted octanol–water partition coefficient (Wildman–Crippen LogP) is 1.61. The first-order chi connectivity index (χ1) is 8.58. The number of carbonyl (C=O) groups excluding carboxylic acids is 1. The highest BCUT2D eigenvalue weighted by Gasteiger charge is 2.14. The number of nitrogens with one attached hydrogen (secondary N) is 1. The molecule has 0 aliphatic carbocycles. The quantitative estimate of drug-likeness (QED) is 0.829. The van der Waals surface area contributed by atoms with Gasteiger partial charge in [-0.25, -0.2) is 4.39 Å². The molecule has 0 bridgehead atoms. The first kappa shape index (κ1) is 14.9. The van der Waals surface area contributed by atoms with E-state index in [0.29, 0.717) is 13.0 Å². The first-order valence-electron chi connectivity index (χ1n) is 5.44. The fourth-order valence-corrected chi connectivity index (χ4v) is 1.49. The van der Waals surface area contributed by atoms with Crippen molar-refractivity contribution in [3.8, 4) is 0 Å². The van der Waals surface area contributed by atoms with E-state index in [1.54, 1.807) is 0 Å². The third kappa shape index (κ3) is 4.25. The second kappa shape index (κ2) is 7.31. The number of methoxy groups -OCH3 is 1. The number of halogens is 2. The fraction of sp³-hybridized carbons (Fsp3) is 0.417. The maximum Gasteiger partial charge on any atom is 0.251 e. The molecule has 0 heterocycles. The molecule has 4 nitrogen and oxygen atoms in total. The number of amides is 1. The number of hydrogen-bond donors (Lipinski definition) is 2. The lowest BCUT2D eigenvalue weighted by atomic mass is 10.1. The number of rotatable bonds is 6. The molecule has 0 fully saturated rings. The van der Waals surface area contributed by atoms with Crippen molar-refractivity contribution < 1.29 is 19.0 Å². The van der Waals surface area contributed by atoms with Crippen LogP contribution in [0.3, 0.4) is 0 Å². The Balaban J connectivity index is 2.65. The standard InChI is InChI=1S/C12H15ClFNO3/c1-18-5-4-9(7-16)15-12(17)8-2-3-10(13)11(14)6-8/h2-3,6,9,16H,4-5,7H2,1H3,(H,15,17). The van der Waals surface area contributed by atoms with E-state index in [1.807, 2.05) is 0 Å². The van der Waals surface area contributed by atoms with Gasteiger partial charge in [-0.1, -0.05) is 11.6 Å². The molecule has 0 saturated carbocycles. The summed E-state index contributed by atoms with van der Waals surface area (Å²) >= 11 is 5.52. The molecule has 0 aromatic heterocycles. The maximum absolute atomic E-state index is 13.2. The molecule has 18 heavy (non-hydrogen) atoms. The summed E-state index contributed by atoms with van der Waals surface area (Å²) < 4.78 is 18.0. The van der Waals surface area contributed by atoms with Crippen LogP contribution in [0.2, 0.25) is 5.02 Å². The lowest BCUT2D eigenvalue weighted by molar-refractivity contribution is 0.0894. The summed E-state index contributed by atoms with van der Waals surface area (Å²) in [6.45, 7) is 0.214. The van der Waals surface area contributed by atoms with E-state index >= 15 is 0 Å². The number of ether oxygens (including phenoxy) is 1. The van der Waals surface area contributed by atoms with Crippen LogP contribution in [0.4, 0.5) is 4.39 Å². The monoisotopic (exact) mass is 275 g/mol. The van der Waals surface area contributed by atoms with Gasteiger partial charge in [-0.15, -0.1) is 0 Å². The molecule has 0 aliphatic rings. The zero-order valence-electron chi connectivity index (χ0n) is 9.95. The van der Waals surface area contributed by atoms with Gasteiger partial charge in [-0.3, -0.25) is 4.79 Å². The molecule has 2 N–H and O–H groups in total. The van der Waals surface area contributed by atoms with Gasteiger partial charge in [0.1, 0.15) is 5.82 Å². The lowest BCUT2D eigenvalue weighted by Gasteiger charge is -2.15. The Morgan fingerprint density at radius 2 is 2.33 bits per heavy atom. The summed E-state index contributed by atoms with van der Waals surface area (Å²) in [5.41, 5.74) is 0.160. The van der Waals surface area contributed by atoms with E-state index in [2.05, 4.69) is 5.32 Å². The highest BCUT2D eigenvalue weighted by molar-refractivity contribution is 6.30. The third-order valence-electron chi connectivity index (χ3n) is 2.41. The van der Waals surface area contributed by atoms with Gasteiger partial charge in [0.25, 0.3) is 5.91 Å². The van der Waals surface area contributed by atoms with Crippen LogP contribution in [-0.2, 0) is 4.74 Å². The van der Waals surface area contributed by atoms with E-state index < -0.39 is 17.8 Å². The van der Waals surface area contributed by atoms with Gasteiger partial charge in [-0.2, -0.15) is 0 Å². The highest BCUT2D eigenvalue weighted by atomic mass is 35.5. The van der Waals surface area contributed by atoms with E-state index in [9.17, 15) is 9.18 Å². The Kier molecular flexibility index (Phi) is 6.04. The van der Waals surface area contributed by atoms with Crippen LogP contribution >= 0.6 is 11.6 Å². The Morgan fingerprint density at radius 3 is 2.89 bits per heavy atom. The summed E-state index contributed by atoms with van der Waals surface area (Å²) in [7, 11) is 1.53. The molecule has 1 atom stereocenters. The molecule has 0 radical (unpaired) electrons. The number of aliphatic hydroxyl groups excluding tert-OH is 1. The zero-order chi connectivity index (χ0) is 13.5. The molecule has 1 amide bonds.